The lowest BCUT2D eigenvalue weighted by molar-refractivity contribution is 0.607. The van der Waals surface area contributed by atoms with Crippen LogP contribution in [0.4, 0.5) is 0 Å². The van der Waals surface area contributed by atoms with Gasteiger partial charge >= 0.3 is 0 Å². The van der Waals surface area contributed by atoms with Crippen molar-refractivity contribution < 1.29 is 0 Å². The minimum atomic E-state index is 0.338. The molecular formula is C10H19N. The third kappa shape index (κ3) is 3.87. The van der Waals surface area contributed by atoms with Crippen molar-refractivity contribution in [1.82, 2.24) is 5.32 Å². The molecule has 0 aliphatic rings. The van der Waals surface area contributed by atoms with Gasteiger partial charge in [0.25, 0.3) is 0 Å². The first-order valence-electron chi connectivity index (χ1n) is 4.06. The molecule has 0 saturated heterocycles. The molecule has 0 heterocycles. The van der Waals surface area contributed by atoms with E-state index in [0.717, 1.165) is 11.3 Å². The molecule has 0 radical (unpaired) electrons. The van der Waals surface area contributed by atoms with Crippen LogP contribution in [0.2, 0.25) is 0 Å². The van der Waals surface area contributed by atoms with E-state index in [4.69, 9.17) is 0 Å². The number of rotatable bonds is 4. The smallest absolute Gasteiger partial charge is 0.0437 e. The molecule has 0 spiro atoms. The molecule has 1 unspecified atom stereocenters. The van der Waals surface area contributed by atoms with Gasteiger partial charge in [-0.25, -0.2) is 0 Å². The highest BCUT2D eigenvalue weighted by Crippen LogP contribution is 2.06. The quantitative estimate of drug-likeness (QED) is 0.612. The molecule has 0 bridgehead atoms. The molecule has 0 saturated carbocycles. The topological polar surface area (TPSA) is 12.0 Å². The zero-order chi connectivity index (χ0) is 9.02. The molecule has 0 aliphatic heterocycles. The summed E-state index contributed by atoms with van der Waals surface area (Å²) in [5.41, 5.74) is 2.23. The number of hydrogen-bond acceptors (Lipinski definition) is 1. The van der Waals surface area contributed by atoms with Gasteiger partial charge in [0.2, 0.25) is 0 Å². The Morgan fingerprint density at radius 3 is 1.91 bits per heavy atom. The van der Waals surface area contributed by atoms with Gasteiger partial charge in [0.1, 0.15) is 0 Å². The molecule has 1 N–H and O–H groups in total. The number of nitrogens with one attached hydrogen (secondary N) is 1. The molecule has 0 rings (SSSR count). The molecule has 0 aromatic rings. The first-order valence-corrected chi connectivity index (χ1v) is 4.06. The summed E-state index contributed by atoms with van der Waals surface area (Å²) in [6.07, 6.45) is 0. The van der Waals surface area contributed by atoms with E-state index in [1.165, 1.54) is 0 Å². The van der Waals surface area contributed by atoms with Gasteiger partial charge < -0.3 is 5.32 Å². The molecule has 0 fully saturated rings. The normalized spacial score (nSPS) is 12.8. The summed E-state index contributed by atoms with van der Waals surface area (Å²) in [5.74, 6) is 0.497. The highest BCUT2D eigenvalue weighted by atomic mass is 14.9. The molecule has 1 heteroatoms. The summed E-state index contributed by atoms with van der Waals surface area (Å²) in [7, 11) is 0. The maximum Gasteiger partial charge on any atom is 0.0437 e. The van der Waals surface area contributed by atoms with Gasteiger partial charge in [-0.15, -0.1) is 0 Å². The summed E-state index contributed by atoms with van der Waals surface area (Å²) in [5, 5.41) is 3.28. The first-order chi connectivity index (χ1) is 4.95. The van der Waals surface area contributed by atoms with Crippen LogP contribution in [-0.4, -0.2) is 6.04 Å². The molecule has 1 nitrogen and oxygen atoms in total. The van der Waals surface area contributed by atoms with Gasteiger partial charge in [0.05, 0.1) is 0 Å². The maximum absolute atomic E-state index is 3.92. The van der Waals surface area contributed by atoms with Crippen molar-refractivity contribution >= 4 is 0 Å². The molecule has 0 aliphatic carbocycles. The largest absolute Gasteiger partial charge is 0.382 e. The Morgan fingerprint density at radius 2 is 1.64 bits per heavy atom. The second kappa shape index (κ2) is 4.22. The first kappa shape index (κ1) is 10.3. The van der Waals surface area contributed by atoms with E-state index in [2.05, 4.69) is 39.2 Å². The van der Waals surface area contributed by atoms with E-state index in [1.807, 2.05) is 6.92 Å². The van der Waals surface area contributed by atoms with Crippen LogP contribution in [0.5, 0.6) is 0 Å². The fraction of sp³-hybridized carbons (Fsp3) is 0.600. The van der Waals surface area contributed by atoms with Gasteiger partial charge in [0.15, 0.2) is 0 Å². The molecule has 0 aromatic heterocycles. The van der Waals surface area contributed by atoms with Crippen molar-refractivity contribution in [3.63, 3.8) is 0 Å². The van der Waals surface area contributed by atoms with Crippen molar-refractivity contribution in [2.75, 3.05) is 0 Å². The van der Waals surface area contributed by atoms with Crippen molar-refractivity contribution in [2.24, 2.45) is 5.92 Å². The Kier molecular flexibility index (Phi) is 3.94. The predicted molar refractivity (Wildman–Crippen MR) is 51.4 cm³/mol. The number of hydrogen-bond donors (Lipinski definition) is 1. The lowest BCUT2D eigenvalue weighted by Crippen LogP contribution is -2.27. The lowest BCUT2D eigenvalue weighted by atomic mass is 10.1. The maximum atomic E-state index is 3.92. The summed E-state index contributed by atoms with van der Waals surface area (Å²) in [6, 6.07) is 0.338. The average Bonchev–Trinajstić information content (AvgIpc) is 1.87. The van der Waals surface area contributed by atoms with Crippen LogP contribution in [0.1, 0.15) is 27.7 Å². The van der Waals surface area contributed by atoms with Crippen LogP contribution >= 0.6 is 0 Å². The van der Waals surface area contributed by atoms with Crippen LogP contribution in [0.15, 0.2) is 24.4 Å². The molecule has 0 amide bonds. The Morgan fingerprint density at radius 1 is 1.18 bits per heavy atom. The summed E-state index contributed by atoms with van der Waals surface area (Å²) in [4.78, 5) is 0. The van der Waals surface area contributed by atoms with Crippen LogP contribution in [0, 0.1) is 5.92 Å². The standard InChI is InChI=1S/C10H19N/c1-7(2)9(5)11-10(6)8(3)4/h8-9,11H,1,6H2,2-5H3. The zero-order valence-corrected chi connectivity index (χ0v) is 8.07. The Hall–Kier alpha value is -0.720. The second-order valence-corrected chi connectivity index (χ2v) is 3.39. The fourth-order valence-electron chi connectivity index (χ4n) is 0.568. The van der Waals surface area contributed by atoms with Gasteiger partial charge in [0, 0.05) is 11.7 Å². The molecule has 0 aromatic carbocycles. The SMILES string of the molecule is C=C(NC(C)C(=C)C)C(C)C. The third-order valence-corrected chi connectivity index (χ3v) is 1.84. The van der Waals surface area contributed by atoms with Crippen molar-refractivity contribution in [3.05, 3.63) is 24.4 Å². The highest BCUT2D eigenvalue weighted by Gasteiger charge is 2.04. The molecule has 1 atom stereocenters. The Bertz CT molecular complexity index is 156. The number of allylic oxidation sites excluding steroid dienone is 1. The van der Waals surface area contributed by atoms with Crippen LogP contribution < -0.4 is 5.32 Å². The van der Waals surface area contributed by atoms with Gasteiger partial charge in [-0.1, -0.05) is 32.6 Å². The fourth-order valence-corrected chi connectivity index (χ4v) is 0.568. The predicted octanol–water partition coefficient (Wildman–Crippen LogP) is 2.71. The third-order valence-electron chi connectivity index (χ3n) is 1.84. The van der Waals surface area contributed by atoms with Gasteiger partial charge in [-0.2, -0.15) is 0 Å². The average molecular weight is 153 g/mol. The summed E-state index contributed by atoms with van der Waals surface area (Å²) < 4.78 is 0. The van der Waals surface area contributed by atoms with Gasteiger partial charge in [-0.3, -0.25) is 0 Å². The van der Waals surface area contributed by atoms with Crippen LogP contribution in [-0.2, 0) is 0 Å². The monoisotopic (exact) mass is 153 g/mol. The molecular weight excluding hydrogens is 134 g/mol. The van der Waals surface area contributed by atoms with E-state index in [9.17, 15) is 0 Å². The highest BCUT2D eigenvalue weighted by molar-refractivity contribution is 5.06. The van der Waals surface area contributed by atoms with E-state index >= 15 is 0 Å². The summed E-state index contributed by atoms with van der Waals surface area (Å²) in [6.45, 7) is 16.2. The van der Waals surface area contributed by atoms with Crippen LogP contribution in [0.25, 0.3) is 0 Å². The van der Waals surface area contributed by atoms with E-state index in [1.54, 1.807) is 0 Å². The minimum Gasteiger partial charge on any atom is -0.382 e. The lowest BCUT2D eigenvalue weighted by Gasteiger charge is -2.19. The van der Waals surface area contributed by atoms with Crippen molar-refractivity contribution in [1.29, 1.82) is 0 Å². The van der Waals surface area contributed by atoms with E-state index in [0.29, 0.717) is 12.0 Å². The second-order valence-electron chi connectivity index (χ2n) is 3.39. The zero-order valence-electron chi connectivity index (χ0n) is 8.07. The Labute approximate surface area is 70.2 Å². The van der Waals surface area contributed by atoms with Crippen molar-refractivity contribution in [2.45, 2.75) is 33.7 Å². The Balaban J connectivity index is 3.85. The van der Waals surface area contributed by atoms with Crippen LogP contribution in [0.3, 0.4) is 0 Å². The minimum absolute atomic E-state index is 0.338. The van der Waals surface area contributed by atoms with Gasteiger partial charge in [-0.05, 0) is 19.8 Å². The molecule has 11 heavy (non-hydrogen) atoms. The van der Waals surface area contributed by atoms with Crippen molar-refractivity contribution in [3.8, 4) is 0 Å². The van der Waals surface area contributed by atoms with E-state index < -0.39 is 0 Å². The van der Waals surface area contributed by atoms with E-state index in [-0.39, 0.29) is 0 Å². The molecule has 64 valence electrons. The summed E-state index contributed by atoms with van der Waals surface area (Å²) >= 11 is 0.